The summed E-state index contributed by atoms with van der Waals surface area (Å²) in [6.45, 7) is 10.4. The molecular weight excluding hydrogens is 367 g/mol. The van der Waals surface area contributed by atoms with Gasteiger partial charge in [0.25, 0.3) is 0 Å². The van der Waals surface area contributed by atoms with Gasteiger partial charge in [0, 0.05) is 17.5 Å². The number of aryl methyl sites for hydroxylation is 2. The van der Waals surface area contributed by atoms with Gasteiger partial charge < -0.3 is 13.9 Å². The average Bonchev–Trinajstić information content (AvgIpc) is 3.09. The Morgan fingerprint density at radius 2 is 1.61 bits per heavy atom. The molecule has 0 radical (unpaired) electrons. The molecule has 0 amide bonds. The van der Waals surface area contributed by atoms with E-state index in [1.165, 1.54) is 4.90 Å². The van der Waals surface area contributed by atoms with Crippen molar-refractivity contribution >= 4 is 35.4 Å². The fourth-order valence-corrected chi connectivity index (χ4v) is 4.01. The maximum Gasteiger partial charge on any atom is 0.494 e. The first-order valence-electron chi connectivity index (χ1n) is 9.60. The van der Waals surface area contributed by atoms with Crippen molar-refractivity contribution in [1.29, 1.82) is 0 Å². The van der Waals surface area contributed by atoms with E-state index in [0.29, 0.717) is 0 Å². The molecule has 146 valence electrons. The maximum atomic E-state index is 6.26. The molecule has 1 fully saturated rings. The van der Waals surface area contributed by atoms with Crippen LogP contribution in [-0.2, 0) is 16.4 Å². The lowest BCUT2D eigenvalue weighted by atomic mass is 9.78. The van der Waals surface area contributed by atoms with Crippen molar-refractivity contribution in [2.75, 3.05) is 6.26 Å². The summed E-state index contributed by atoms with van der Waals surface area (Å²) in [5.41, 5.74) is 4.70. The van der Waals surface area contributed by atoms with Crippen LogP contribution in [0.1, 0.15) is 33.3 Å². The number of benzene rings is 2. The minimum absolute atomic E-state index is 0.350. The normalized spacial score (nSPS) is 18.2. The Morgan fingerprint density at radius 3 is 2.18 bits per heavy atom. The quantitative estimate of drug-likeness (QED) is 0.482. The molecule has 1 aliphatic rings. The summed E-state index contributed by atoms with van der Waals surface area (Å²) < 4.78 is 14.7. The third-order valence-corrected chi connectivity index (χ3v) is 6.82. The third-order valence-electron chi connectivity index (χ3n) is 6.07. The van der Waals surface area contributed by atoms with Crippen LogP contribution >= 0.6 is 11.8 Å². The Morgan fingerprint density at radius 1 is 1.00 bits per heavy atom. The number of hydrogen-bond donors (Lipinski definition) is 0. The van der Waals surface area contributed by atoms with Crippen LogP contribution in [0.2, 0.25) is 0 Å². The third kappa shape index (κ3) is 3.08. The Labute approximate surface area is 171 Å². The van der Waals surface area contributed by atoms with Crippen molar-refractivity contribution < 1.29 is 9.31 Å². The number of hydrogen-bond acceptors (Lipinski definition) is 4. The molecule has 0 saturated carbocycles. The largest absolute Gasteiger partial charge is 0.494 e. The van der Waals surface area contributed by atoms with Crippen LogP contribution in [-0.4, -0.2) is 34.1 Å². The Kier molecular flexibility index (Phi) is 4.64. The second kappa shape index (κ2) is 6.65. The van der Waals surface area contributed by atoms with E-state index in [1.807, 2.05) is 0 Å². The van der Waals surface area contributed by atoms with Gasteiger partial charge in [0.1, 0.15) is 5.82 Å². The van der Waals surface area contributed by atoms with Crippen LogP contribution in [0.25, 0.3) is 22.4 Å². The highest BCUT2D eigenvalue weighted by Crippen LogP contribution is 2.37. The highest BCUT2D eigenvalue weighted by Gasteiger charge is 2.51. The molecule has 2 heterocycles. The van der Waals surface area contributed by atoms with E-state index in [-0.39, 0.29) is 18.3 Å². The van der Waals surface area contributed by atoms with E-state index in [4.69, 9.17) is 14.3 Å². The highest BCUT2D eigenvalue weighted by atomic mass is 32.2. The number of thioether (sulfide) groups is 1. The summed E-state index contributed by atoms with van der Waals surface area (Å²) >= 11 is 1.74. The van der Waals surface area contributed by atoms with Gasteiger partial charge >= 0.3 is 7.12 Å². The standard InChI is InChI=1S/C22H27BN2O2S/c1-14-12-16(23-26-21(2,3)22(4,5)27-23)13-18-19(14)24-20(25(18)6)15-8-10-17(28-7)11-9-15/h8-13H,1-7H3. The van der Waals surface area contributed by atoms with Crippen LogP contribution < -0.4 is 5.46 Å². The minimum Gasteiger partial charge on any atom is -0.399 e. The highest BCUT2D eigenvalue weighted by molar-refractivity contribution is 7.98. The van der Waals surface area contributed by atoms with E-state index in [1.54, 1.807) is 11.8 Å². The number of rotatable bonds is 3. The second-order valence-electron chi connectivity index (χ2n) is 8.52. The lowest BCUT2D eigenvalue weighted by molar-refractivity contribution is 0.00578. The van der Waals surface area contributed by atoms with Gasteiger partial charge in [-0.25, -0.2) is 4.98 Å². The summed E-state index contributed by atoms with van der Waals surface area (Å²) in [5, 5.41) is 0. The Bertz CT molecular complexity index is 1020. The van der Waals surface area contributed by atoms with Gasteiger partial charge in [-0.1, -0.05) is 18.2 Å². The van der Waals surface area contributed by atoms with Crippen LogP contribution in [0.4, 0.5) is 0 Å². The van der Waals surface area contributed by atoms with Gasteiger partial charge in [-0.15, -0.1) is 11.8 Å². The number of nitrogens with zero attached hydrogens (tertiary/aromatic N) is 2. The monoisotopic (exact) mass is 394 g/mol. The Hall–Kier alpha value is -1.76. The van der Waals surface area contributed by atoms with Crippen molar-refractivity contribution in [1.82, 2.24) is 9.55 Å². The lowest BCUT2D eigenvalue weighted by Gasteiger charge is -2.32. The number of aromatic nitrogens is 2. The molecule has 4 rings (SSSR count). The van der Waals surface area contributed by atoms with E-state index >= 15 is 0 Å². The van der Waals surface area contributed by atoms with Crippen molar-refractivity contribution in [2.24, 2.45) is 7.05 Å². The first kappa shape index (κ1) is 19.6. The second-order valence-corrected chi connectivity index (χ2v) is 9.40. The fourth-order valence-electron chi connectivity index (χ4n) is 3.60. The Balaban J connectivity index is 1.78. The van der Waals surface area contributed by atoms with Crippen LogP contribution in [0.3, 0.4) is 0 Å². The molecule has 2 aromatic carbocycles. The molecule has 3 aromatic rings. The average molecular weight is 394 g/mol. The van der Waals surface area contributed by atoms with Crippen molar-refractivity contribution in [2.45, 2.75) is 50.7 Å². The van der Waals surface area contributed by atoms with Gasteiger partial charge in [-0.3, -0.25) is 0 Å². The van der Waals surface area contributed by atoms with Crippen molar-refractivity contribution in [3.05, 3.63) is 42.0 Å². The van der Waals surface area contributed by atoms with Gasteiger partial charge in [0.2, 0.25) is 0 Å². The predicted molar refractivity (Wildman–Crippen MR) is 118 cm³/mol. The molecule has 0 N–H and O–H groups in total. The van der Waals surface area contributed by atoms with Gasteiger partial charge in [-0.05, 0) is 70.1 Å². The summed E-state index contributed by atoms with van der Waals surface area (Å²) in [5.74, 6) is 0.969. The lowest BCUT2D eigenvalue weighted by Crippen LogP contribution is -2.41. The molecule has 6 heteroatoms. The molecule has 0 bridgehead atoms. The van der Waals surface area contributed by atoms with E-state index in [2.05, 4.69) is 88.9 Å². The summed E-state index contributed by atoms with van der Waals surface area (Å²) in [7, 11) is 1.70. The zero-order valence-corrected chi connectivity index (χ0v) is 18.5. The van der Waals surface area contributed by atoms with Crippen molar-refractivity contribution in [3.8, 4) is 11.4 Å². The van der Waals surface area contributed by atoms with E-state index in [0.717, 1.165) is 33.4 Å². The van der Waals surface area contributed by atoms with Crippen LogP contribution in [0.5, 0.6) is 0 Å². The zero-order valence-electron chi connectivity index (χ0n) is 17.7. The van der Waals surface area contributed by atoms with E-state index in [9.17, 15) is 0 Å². The van der Waals surface area contributed by atoms with Gasteiger partial charge in [0.05, 0.1) is 22.2 Å². The minimum atomic E-state index is -0.368. The smallest absolute Gasteiger partial charge is 0.399 e. The maximum absolute atomic E-state index is 6.26. The zero-order chi connectivity index (χ0) is 20.3. The van der Waals surface area contributed by atoms with Gasteiger partial charge in [-0.2, -0.15) is 0 Å². The summed E-state index contributed by atoms with van der Waals surface area (Å²) in [6, 6.07) is 12.8. The fraction of sp³-hybridized carbons (Fsp3) is 0.409. The molecule has 0 aliphatic carbocycles. The molecule has 28 heavy (non-hydrogen) atoms. The molecule has 1 aliphatic heterocycles. The van der Waals surface area contributed by atoms with E-state index < -0.39 is 0 Å². The first-order valence-corrected chi connectivity index (χ1v) is 10.8. The number of fused-ring (bicyclic) bond motifs is 1. The predicted octanol–water partition coefficient (Wildman–Crippen LogP) is 4.57. The molecular formula is C22H27BN2O2S. The molecule has 0 unspecified atom stereocenters. The van der Waals surface area contributed by atoms with Crippen molar-refractivity contribution in [3.63, 3.8) is 0 Å². The van der Waals surface area contributed by atoms with Crippen LogP contribution in [0, 0.1) is 6.92 Å². The topological polar surface area (TPSA) is 36.3 Å². The summed E-state index contributed by atoms with van der Waals surface area (Å²) in [4.78, 5) is 6.19. The molecule has 1 aromatic heterocycles. The van der Waals surface area contributed by atoms with Gasteiger partial charge in [0.15, 0.2) is 0 Å². The molecule has 4 nitrogen and oxygen atoms in total. The molecule has 0 atom stereocenters. The SMILES string of the molecule is CSc1ccc(-c2nc3c(C)cc(B4OC(C)(C)C(C)(C)O4)cc3n2C)cc1. The first-order chi connectivity index (χ1) is 13.1. The number of imidazole rings is 1. The van der Waals surface area contributed by atoms with Crippen LogP contribution in [0.15, 0.2) is 41.3 Å². The summed E-state index contributed by atoms with van der Waals surface area (Å²) in [6.07, 6.45) is 2.09. The molecule has 0 spiro atoms. The molecule has 1 saturated heterocycles.